The van der Waals surface area contributed by atoms with Gasteiger partial charge in [-0.2, -0.15) is 0 Å². The van der Waals surface area contributed by atoms with E-state index < -0.39 is 0 Å². The summed E-state index contributed by atoms with van der Waals surface area (Å²) in [4.78, 5) is 24.5. The number of halogens is 1. The van der Waals surface area contributed by atoms with Gasteiger partial charge in [-0.05, 0) is 35.2 Å². The third-order valence-electron chi connectivity index (χ3n) is 3.53. The van der Waals surface area contributed by atoms with E-state index in [0.29, 0.717) is 17.5 Å². The van der Waals surface area contributed by atoms with Crippen molar-refractivity contribution < 1.29 is 9.59 Å². The number of fused-ring (bicyclic) bond motifs is 1. The fraction of sp³-hybridized carbons (Fsp3) is 0.125. The maximum Gasteiger partial charge on any atom is 0.259 e. The molecular formula is C16H12BrNO2S. The van der Waals surface area contributed by atoms with Crippen molar-refractivity contribution in [3.05, 3.63) is 64.2 Å². The monoisotopic (exact) mass is 361 g/mol. The lowest BCUT2D eigenvalue weighted by Crippen LogP contribution is -2.20. The van der Waals surface area contributed by atoms with Gasteiger partial charge in [-0.25, -0.2) is 0 Å². The van der Waals surface area contributed by atoms with E-state index in [0.717, 1.165) is 26.9 Å². The van der Waals surface area contributed by atoms with Crippen LogP contribution in [0.15, 0.2) is 41.3 Å². The van der Waals surface area contributed by atoms with Crippen molar-refractivity contribution in [2.24, 2.45) is 0 Å². The Morgan fingerprint density at radius 1 is 1.05 bits per heavy atom. The molecule has 0 fully saturated rings. The third-order valence-corrected chi connectivity index (χ3v) is 4.61. The SMILES string of the molecule is O=C1NC(=O)c2c(Cc3cc(CBr)ccc3S)cccc21. The molecule has 1 aliphatic rings. The zero-order valence-corrected chi connectivity index (χ0v) is 13.5. The molecule has 0 atom stereocenters. The zero-order chi connectivity index (χ0) is 15.0. The average Bonchev–Trinajstić information content (AvgIpc) is 2.77. The Kier molecular flexibility index (Phi) is 3.87. The van der Waals surface area contributed by atoms with Crippen molar-refractivity contribution in [2.75, 3.05) is 0 Å². The van der Waals surface area contributed by atoms with Gasteiger partial charge in [0, 0.05) is 10.2 Å². The van der Waals surface area contributed by atoms with E-state index in [1.807, 2.05) is 18.2 Å². The molecule has 0 saturated carbocycles. The molecule has 1 N–H and O–H groups in total. The first-order valence-electron chi connectivity index (χ1n) is 6.44. The van der Waals surface area contributed by atoms with Crippen LogP contribution in [0.2, 0.25) is 0 Å². The fourth-order valence-corrected chi connectivity index (χ4v) is 3.07. The van der Waals surface area contributed by atoms with Gasteiger partial charge in [0.1, 0.15) is 0 Å². The second kappa shape index (κ2) is 5.66. The van der Waals surface area contributed by atoms with Gasteiger partial charge in [-0.1, -0.05) is 40.2 Å². The lowest BCUT2D eigenvalue weighted by atomic mass is 9.96. The maximum atomic E-state index is 11.9. The molecule has 3 nitrogen and oxygen atoms in total. The molecule has 0 aliphatic carbocycles. The summed E-state index contributed by atoms with van der Waals surface area (Å²) >= 11 is 7.91. The van der Waals surface area contributed by atoms with Crippen LogP contribution in [0.3, 0.4) is 0 Å². The van der Waals surface area contributed by atoms with Crippen molar-refractivity contribution in [3.63, 3.8) is 0 Å². The third kappa shape index (κ3) is 2.63. The highest BCUT2D eigenvalue weighted by Gasteiger charge is 2.29. The lowest BCUT2D eigenvalue weighted by Gasteiger charge is -2.09. The first-order chi connectivity index (χ1) is 10.1. The van der Waals surface area contributed by atoms with Crippen LogP contribution in [0.5, 0.6) is 0 Å². The molecule has 21 heavy (non-hydrogen) atoms. The van der Waals surface area contributed by atoms with E-state index in [1.165, 1.54) is 0 Å². The molecule has 3 rings (SSSR count). The normalized spacial score (nSPS) is 13.2. The van der Waals surface area contributed by atoms with Crippen molar-refractivity contribution in [1.29, 1.82) is 0 Å². The number of carbonyl (C=O) groups is 2. The van der Waals surface area contributed by atoms with E-state index in [4.69, 9.17) is 0 Å². The highest BCUT2D eigenvalue weighted by Crippen LogP contribution is 2.26. The minimum atomic E-state index is -0.322. The van der Waals surface area contributed by atoms with Gasteiger partial charge in [0.05, 0.1) is 11.1 Å². The number of thiol groups is 1. The molecule has 2 amide bonds. The molecule has 0 aromatic heterocycles. The van der Waals surface area contributed by atoms with Gasteiger partial charge in [0.2, 0.25) is 0 Å². The Labute approximate surface area is 136 Å². The van der Waals surface area contributed by atoms with Crippen molar-refractivity contribution in [1.82, 2.24) is 5.32 Å². The number of alkyl halides is 1. The minimum Gasteiger partial charge on any atom is -0.288 e. The van der Waals surface area contributed by atoms with Gasteiger partial charge in [-0.15, -0.1) is 12.6 Å². The summed E-state index contributed by atoms with van der Waals surface area (Å²) in [6.07, 6.45) is 0.573. The zero-order valence-electron chi connectivity index (χ0n) is 11.0. The highest BCUT2D eigenvalue weighted by molar-refractivity contribution is 9.08. The number of rotatable bonds is 3. The summed E-state index contributed by atoms with van der Waals surface area (Å²) < 4.78 is 0. The molecule has 0 radical (unpaired) electrons. The van der Waals surface area contributed by atoms with Gasteiger partial charge in [0.25, 0.3) is 11.8 Å². The Bertz CT molecular complexity index is 758. The van der Waals surface area contributed by atoms with E-state index in [-0.39, 0.29) is 11.8 Å². The van der Waals surface area contributed by atoms with Crippen LogP contribution in [0, 0.1) is 0 Å². The number of hydrogen-bond acceptors (Lipinski definition) is 3. The summed E-state index contributed by atoms with van der Waals surface area (Å²) in [6, 6.07) is 11.4. The molecule has 0 saturated heterocycles. The van der Waals surface area contributed by atoms with Gasteiger partial charge >= 0.3 is 0 Å². The Balaban J connectivity index is 2.04. The van der Waals surface area contributed by atoms with Crippen molar-refractivity contribution in [3.8, 4) is 0 Å². The molecule has 0 spiro atoms. The second-order valence-electron chi connectivity index (χ2n) is 4.90. The maximum absolute atomic E-state index is 11.9. The van der Waals surface area contributed by atoms with Crippen molar-refractivity contribution >= 4 is 40.4 Å². The van der Waals surface area contributed by atoms with Gasteiger partial charge in [0.15, 0.2) is 0 Å². The van der Waals surface area contributed by atoms with Gasteiger partial charge in [-0.3, -0.25) is 14.9 Å². The van der Waals surface area contributed by atoms with E-state index in [1.54, 1.807) is 12.1 Å². The summed E-state index contributed by atoms with van der Waals surface area (Å²) in [5.41, 5.74) is 3.97. The first-order valence-corrected chi connectivity index (χ1v) is 8.01. The number of amides is 2. The number of imide groups is 1. The summed E-state index contributed by atoms with van der Waals surface area (Å²) in [7, 11) is 0. The van der Waals surface area contributed by atoms with Crippen molar-refractivity contribution in [2.45, 2.75) is 16.6 Å². The van der Waals surface area contributed by atoms with Crippen LogP contribution in [0.25, 0.3) is 0 Å². The standard InChI is InChI=1S/C16H12BrNO2S/c17-8-9-4-5-13(21)11(6-9)7-10-2-1-3-12-14(10)16(20)18-15(12)19/h1-6,21H,7-8H2,(H,18,19,20). The molecule has 0 unspecified atom stereocenters. The average molecular weight is 362 g/mol. The number of benzene rings is 2. The fourth-order valence-electron chi connectivity index (χ4n) is 2.51. The number of nitrogens with one attached hydrogen (secondary N) is 1. The lowest BCUT2D eigenvalue weighted by molar-refractivity contribution is 0.0879. The van der Waals surface area contributed by atoms with Gasteiger partial charge < -0.3 is 0 Å². The minimum absolute atomic E-state index is 0.317. The molecule has 0 bridgehead atoms. The molecule has 2 aromatic rings. The molecule has 106 valence electrons. The molecular weight excluding hydrogens is 350 g/mol. The Morgan fingerprint density at radius 3 is 2.62 bits per heavy atom. The van der Waals surface area contributed by atoms with Crippen LogP contribution < -0.4 is 5.32 Å². The second-order valence-corrected chi connectivity index (χ2v) is 5.94. The summed E-state index contributed by atoms with van der Waals surface area (Å²) in [5.74, 6) is -0.639. The van der Waals surface area contributed by atoms with E-state index in [9.17, 15) is 9.59 Å². The van der Waals surface area contributed by atoms with Crippen LogP contribution in [-0.2, 0) is 11.8 Å². The quantitative estimate of drug-likeness (QED) is 0.500. The summed E-state index contributed by atoms with van der Waals surface area (Å²) in [5, 5.41) is 3.10. The smallest absolute Gasteiger partial charge is 0.259 e. The molecule has 2 aromatic carbocycles. The molecule has 5 heteroatoms. The number of hydrogen-bond donors (Lipinski definition) is 2. The van der Waals surface area contributed by atoms with Crippen LogP contribution in [-0.4, -0.2) is 11.8 Å². The predicted molar refractivity (Wildman–Crippen MR) is 87.4 cm³/mol. The number of carbonyl (C=O) groups excluding carboxylic acids is 2. The predicted octanol–water partition coefficient (Wildman–Crippen LogP) is 3.34. The van der Waals surface area contributed by atoms with E-state index >= 15 is 0 Å². The molecule has 1 heterocycles. The molecule has 1 aliphatic heterocycles. The van der Waals surface area contributed by atoms with E-state index in [2.05, 4.69) is 39.9 Å². The van der Waals surface area contributed by atoms with Crippen LogP contribution >= 0.6 is 28.6 Å². The van der Waals surface area contributed by atoms with Crippen LogP contribution in [0.4, 0.5) is 0 Å². The Morgan fingerprint density at radius 2 is 1.86 bits per heavy atom. The topological polar surface area (TPSA) is 46.2 Å². The largest absolute Gasteiger partial charge is 0.288 e. The first kappa shape index (κ1) is 14.4. The van der Waals surface area contributed by atoms with Crippen LogP contribution in [0.1, 0.15) is 37.4 Å². The highest BCUT2D eigenvalue weighted by atomic mass is 79.9. The summed E-state index contributed by atoms with van der Waals surface area (Å²) in [6.45, 7) is 0. The Hall–Kier alpha value is -1.59.